The number of aromatic hydroxyl groups is 1. The molecule has 0 radical (unpaired) electrons. The van der Waals surface area contributed by atoms with Crippen LogP contribution in [-0.2, 0) is 6.54 Å². The zero-order valence-corrected chi connectivity index (χ0v) is 19.0. The minimum atomic E-state index is -0.375. The maximum absolute atomic E-state index is 13.8. The lowest BCUT2D eigenvalue weighted by Crippen LogP contribution is -2.48. The first kappa shape index (κ1) is 22.2. The third-order valence-corrected chi connectivity index (χ3v) is 6.32. The molecule has 1 aliphatic heterocycles. The molecule has 1 atom stereocenters. The van der Waals surface area contributed by atoms with Gasteiger partial charge in [-0.2, -0.15) is 0 Å². The van der Waals surface area contributed by atoms with Crippen LogP contribution in [0.5, 0.6) is 11.5 Å². The lowest BCUT2D eigenvalue weighted by atomic mass is 9.95. The van der Waals surface area contributed by atoms with Gasteiger partial charge in [-0.25, -0.2) is 0 Å². The molecule has 7 nitrogen and oxygen atoms in total. The number of benzene rings is 1. The summed E-state index contributed by atoms with van der Waals surface area (Å²) in [6, 6.07) is 12.7. The fraction of sp³-hybridized carbons (Fsp3) is 0.400. The Bertz CT molecular complexity index is 1100. The van der Waals surface area contributed by atoms with Gasteiger partial charge in [0.15, 0.2) is 0 Å². The number of rotatable bonds is 7. The van der Waals surface area contributed by atoms with Gasteiger partial charge in [0.05, 0.1) is 31.5 Å². The van der Waals surface area contributed by atoms with Crippen LogP contribution < -0.4 is 10.3 Å². The Kier molecular flexibility index (Phi) is 6.67. The fourth-order valence-corrected chi connectivity index (χ4v) is 4.49. The van der Waals surface area contributed by atoms with E-state index in [9.17, 15) is 9.90 Å². The van der Waals surface area contributed by atoms with E-state index in [2.05, 4.69) is 16.7 Å². The Balaban J connectivity index is 1.82. The van der Waals surface area contributed by atoms with Crippen LogP contribution in [-0.4, -0.2) is 59.3 Å². The molecule has 1 N–H and O–H groups in total. The van der Waals surface area contributed by atoms with Gasteiger partial charge in [-0.15, -0.1) is 0 Å². The minimum absolute atomic E-state index is 0.0222. The van der Waals surface area contributed by atoms with Crippen LogP contribution in [0.3, 0.4) is 0 Å². The Morgan fingerprint density at radius 2 is 1.91 bits per heavy atom. The summed E-state index contributed by atoms with van der Waals surface area (Å²) in [5.41, 5.74) is 1.80. The predicted octanol–water partition coefficient (Wildman–Crippen LogP) is 3.24. The number of aryl methyl sites for hydroxylation is 1. The van der Waals surface area contributed by atoms with Crippen molar-refractivity contribution >= 4 is 0 Å². The number of hydrogen-bond acceptors (Lipinski definition) is 6. The number of ether oxygens (including phenoxy) is 1. The van der Waals surface area contributed by atoms with Gasteiger partial charge in [0.2, 0.25) is 0 Å². The predicted molar refractivity (Wildman–Crippen MR) is 123 cm³/mol. The smallest absolute Gasteiger partial charge is 0.260 e. The molecule has 0 amide bonds. The molecule has 0 aliphatic carbocycles. The van der Waals surface area contributed by atoms with Gasteiger partial charge in [0, 0.05) is 31.9 Å². The Morgan fingerprint density at radius 1 is 1.12 bits per heavy atom. The summed E-state index contributed by atoms with van der Waals surface area (Å²) >= 11 is 0. The van der Waals surface area contributed by atoms with Crippen molar-refractivity contribution in [3.05, 3.63) is 81.7 Å². The van der Waals surface area contributed by atoms with Crippen LogP contribution in [0.4, 0.5) is 0 Å². The van der Waals surface area contributed by atoms with Crippen molar-refractivity contribution in [1.82, 2.24) is 14.4 Å². The zero-order chi connectivity index (χ0) is 22.7. The molecule has 1 aromatic carbocycles. The van der Waals surface area contributed by atoms with Gasteiger partial charge < -0.3 is 23.7 Å². The van der Waals surface area contributed by atoms with Gasteiger partial charge >= 0.3 is 0 Å². The molecule has 2 aromatic heterocycles. The summed E-state index contributed by atoms with van der Waals surface area (Å²) in [6.07, 6.45) is 1.60. The third kappa shape index (κ3) is 4.45. The van der Waals surface area contributed by atoms with E-state index in [4.69, 9.17) is 9.15 Å². The normalized spacial score (nSPS) is 16.2. The first-order valence-corrected chi connectivity index (χ1v) is 11.1. The van der Waals surface area contributed by atoms with Gasteiger partial charge in [-0.05, 0) is 49.4 Å². The maximum atomic E-state index is 13.8. The molecule has 0 bridgehead atoms. The first-order chi connectivity index (χ1) is 15.5. The van der Waals surface area contributed by atoms with Crippen molar-refractivity contribution in [3.8, 4) is 11.5 Å². The van der Waals surface area contributed by atoms with Crippen molar-refractivity contribution in [2.45, 2.75) is 26.4 Å². The maximum Gasteiger partial charge on any atom is 0.260 e. The lowest BCUT2D eigenvalue weighted by molar-refractivity contribution is 0.111. The van der Waals surface area contributed by atoms with Crippen LogP contribution >= 0.6 is 0 Å². The summed E-state index contributed by atoms with van der Waals surface area (Å²) < 4.78 is 12.6. The van der Waals surface area contributed by atoms with Gasteiger partial charge in [-0.3, -0.25) is 9.69 Å². The summed E-state index contributed by atoms with van der Waals surface area (Å²) in [4.78, 5) is 18.4. The zero-order valence-electron chi connectivity index (χ0n) is 19.0. The van der Waals surface area contributed by atoms with Gasteiger partial charge in [0.25, 0.3) is 5.56 Å². The molecule has 1 saturated heterocycles. The quantitative estimate of drug-likeness (QED) is 0.612. The van der Waals surface area contributed by atoms with E-state index < -0.39 is 0 Å². The molecule has 0 unspecified atom stereocenters. The highest BCUT2D eigenvalue weighted by Crippen LogP contribution is 2.34. The molecule has 4 rings (SSSR count). The average Bonchev–Trinajstić information content (AvgIpc) is 3.33. The summed E-state index contributed by atoms with van der Waals surface area (Å²) in [6.45, 7) is 8.77. The number of furan rings is 1. The van der Waals surface area contributed by atoms with E-state index in [0.717, 1.165) is 44.0 Å². The summed E-state index contributed by atoms with van der Waals surface area (Å²) in [5, 5.41) is 11.0. The second kappa shape index (κ2) is 9.63. The minimum Gasteiger partial charge on any atom is -0.507 e. The van der Waals surface area contributed by atoms with Crippen LogP contribution in [0.2, 0.25) is 0 Å². The second-order valence-corrected chi connectivity index (χ2v) is 8.20. The van der Waals surface area contributed by atoms with E-state index >= 15 is 0 Å². The Morgan fingerprint density at radius 3 is 2.56 bits per heavy atom. The highest BCUT2D eigenvalue weighted by molar-refractivity contribution is 5.43. The molecule has 3 aromatic rings. The molecule has 0 saturated carbocycles. The van der Waals surface area contributed by atoms with Crippen molar-refractivity contribution < 1.29 is 14.3 Å². The van der Waals surface area contributed by atoms with Crippen molar-refractivity contribution in [2.24, 2.45) is 0 Å². The molecule has 32 heavy (non-hydrogen) atoms. The van der Waals surface area contributed by atoms with Crippen LogP contribution in [0.15, 0.2) is 57.9 Å². The number of nitrogens with zero attached hydrogens (tertiary/aromatic N) is 3. The lowest BCUT2D eigenvalue weighted by Gasteiger charge is -2.39. The fourth-order valence-electron chi connectivity index (χ4n) is 4.49. The van der Waals surface area contributed by atoms with Crippen molar-refractivity contribution in [1.29, 1.82) is 0 Å². The first-order valence-electron chi connectivity index (χ1n) is 11.1. The molecular formula is C25H31N3O4. The van der Waals surface area contributed by atoms with E-state index in [0.29, 0.717) is 23.6 Å². The molecule has 1 aliphatic rings. The molecule has 170 valence electrons. The topological polar surface area (TPSA) is 71.1 Å². The Labute approximate surface area is 188 Å². The highest BCUT2D eigenvalue weighted by Gasteiger charge is 2.31. The number of aromatic nitrogens is 1. The molecular weight excluding hydrogens is 406 g/mol. The summed E-state index contributed by atoms with van der Waals surface area (Å²) in [7, 11) is 1.63. The number of hydrogen-bond donors (Lipinski definition) is 1. The molecule has 3 heterocycles. The Hall–Kier alpha value is -3.03. The van der Waals surface area contributed by atoms with Crippen LogP contribution in [0, 0.1) is 6.92 Å². The number of pyridine rings is 1. The third-order valence-electron chi connectivity index (χ3n) is 6.32. The molecule has 1 fully saturated rings. The van der Waals surface area contributed by atoms with Gasteiger partial charge in [0.1, 0.15) is 17.3 Å². The molecule has 0 spiro atoms. The monoisotopic (exact) mass is 437 g/mol. The van der Waals surface area contributed by atoms with Crippen molar-refractivity contribution in [2.75, 3.05) is 39.8 Å². The second-order valence-electron chi connectivity index (χ2n) is 8.20. The van der Waals surface area contributed by atoms with Crippen molar-refractivity contribution in [3.63, 3.8) is 0 Å². The number of methoxy groups -OCH3 is 1. The van der Waals surface area contributed by atoms with E-state index in [1.54, 1.807) is 24.0 Å². The van der Waals surface area contributed by atoms with Crippen LogP contribution in [0.1, 0.15) is 35.5 Å². The number of likely N-dealkylation sites (N-methyl/N-ethyl adjacent to an activating group) is 1. The number of piperazine rings is 1. The SMILES string of the molecule is CCN1CCN([C@@H](c2cccc(OC)c2)c2c(O)cc(C)n(Cc3ccco3)c2=O)CC1. The van der Waals surface area contributed by atoms with E-state index in [-0.39, 0.29) is 17.4 Å². The van der Waals surface area contributed by atoms with E-state index in [1.807, 2.05) is 43.3 Å². The average molecular weight is 438 g/mol. The summed E-state index contributed by atoms with van der Waals surface area (Å²) in [5.74, 6) is 1.44. The highest BCUT2D eigenvalue weighted by atomic mass is 16.5. The molecule has 7 heteroatoms. The standard InChI is InChI=1S/C25H31N3O4/c1-4-26-10-12-27(13-11-26)24(19-7-5-8-20(16-19)31-3)23-22(29)15-18(2)28(25(23)30)17-21-9-6-14-32-21/h5-9,14-16,24,29H,4,10-13,17H2,1-3H3/t24-/m0/s1. The van der Waals surface area contributed by atoms with Crippen LogP contribution in [0.25, 0.3) is 0 Å². The van der Waals surface area contributed by atoms with E-state index in [1.165, 1.54) is 0 Å². The van der Waals surface area contributed by atoms with Gasteiger partial charge in [-0.1, -0.05) is 19.1 Å². The largest absolute Gasteiger partial charge is 0.507 e.